The van der Waals surface area contributed by atoms with Crippen molar-refractivity contribution in [2.45, 2.75) is 40.2 Å². The van der Waals surface area contributed by atoms with Crippen LogP contribution in [0.25, 0.3) is 11.1 Å². The van der Waals surface area contributed by atoms with E-state index in [1.54, 1.807) is 6.20 Å². The molecule has 1 saturated heterocycles. The minimum absolute atomic E-state index is 0.0832. The zero-order valence-electron chi connectivity index (χ0n) is 19.3. The Morgan fingerprint density at radius 2 is 1.97 bits per heavy atom. The van der Waals surface area contributed by atoms with Gasteiger partial charge in [0.25, 0.3) is 0 Å². The van der Waals surface area contributed by atoms with Gasteiger partial charge in [-0.05, 0) is 37.5 Å². The van der Waals surface area contributed by atoms with E-state index in [0.29, 0.717) is 0 Å². The van der Waals surface area contributed by atoms with Crippen LogP contribution in [-0.2, 0) is 24.2 Å². The van der Waals surface area contributed by atoms with E-state index >= 15 is 0 Å². The van der Waals surface area contributed by atoms with Crippen molar-refractivity contribution >= 4 is 5.91 Å². The van der Waals surface area contributed by atoms with Crippen molar-refractivity contribution in [3.63, 3.8) is 0 Å². The topological polar surface area (TPSA) is 65.1 Å². The standard InChI is InChI=1S/C26H33N5O/c1-4-25-28-19(3)24(29-25)18-30-13-14-31(5-2)26(32)22(17-30)15-20-9-6-7-11-23(20)21-10-8-12-27-16-21/h6-12,16,22H,4-5,13-15,17-18H2,1-3H3,(H,28,29)/t22-/m0/s1. The summed E-state index contributed by atoms with van der Waals surface area (Å²) in [5.74, 6) is 1.20. The maximum Gasteiger partial charge on any atom is 0.227 e. The molecule has 0 saturated carbocycles. The van der Waals surface area contributed by atoms with Crippen LogP contribution >= 0.6 is 0 Å². The number of amides is 1. The summed E-state index contributed by atoms with van der Waals surface area (Å²) >= 11 is 0. The molecule has 1 aliphatic rings. The highest BCUT2D eigenvalue weighted by atomic mass is 16.2. The Hall–Kier alpha value is -2.99. The summed E-state index contributed by atoms with van der Waals surface area (Å²) < 4.78 is 0. The minimum Gasteiger partial charge on any atom is -0.346 e. The van der Waals surface area contributed by atoms with Gasteiger partial charge in [-0.2, -0.15) is 0 Å². The predicted octanol–water partition coefficient (Wildman–Crippen LogP) is 3.87. The van der Waals surface area contributed by atoms with E-state index in [4.69, 9.17) is 4.98 Å². The molecule has 3 heterocycles. The van der Waals surface area contributed by atoms with Gasteiger partial charge >= 0.3 is 0 Å². The Bertz CT molecular complexity index is 1050. The molecule has 168 valence electrons. The van der Waals surface area contributed by atoms with Crippen molar-refractivity contribution in [1.29, 1.82) is 0 Å². The van der Waals surface area contributed by atoms with E-state index in [9.17, 15) is 4.79 Å². The second-order valence-corrected chi connectivity index (χ2v) is 8.56. The van der Waals surface area contributed by atoms with Gasteiger partial charge in [0.15, 0.2) is 0 Å². The fourth-order valence-corrected chi connectivity index (χ4v) is 4.58. The summed E-state index contributed by atoms with van der Waals surface area (Å²) in [5, 5.41) is 0. The van der Waals surface area contributed by atoms with E-state index in [0.717, 1.165) is 73.9 Å². The summed E-state index contributed by atoms with van der Waals surface area (Å²) in [7, 11) is 0. The van der Waals surface area contributed by atoms with Gasteiger partial charge in [0.2, 0.25) is 5.91 Å². The molecule has 1 aromatic carbocycles. The number of likely N-dealkylation sites (N-methyl/N-ethyl adjacent to an activating group) is 1. The van der Waals surface area contributed by atoms with Crippen LogP contribution in [-0.4, -0.2) is 56.8 Å². The van der Waals surface area contributed by atoms with Crippen molar-refractivity contribution in [2.75, 3.05) is 26.2 Å². The van der Waals surface area contributed by atoms with Gasteiger partial charge in [0, 0.05) is 62.8 Å². The molecule has 1 N–H and O–H groups in total. The molecule has 0 spiro atoms. The first-order chi connectivity index (χ1) is 15.6. The number of carbonyl (C=O) groups is 1. The third-order valence-electron chi connectivity index (χ3n) is 6.41. The van der Waals surface area contributed by atoms with Crippen LogP contribution < -0.4 is 0 Å². The summed E-state index contributed by atoms with van der Waals surface area (Å²) in [6.07, 6.45) is 5.30. The first-order valence-corrected chi connectivity index (χ1v) is 11.6. The normalized spacial score (nSPS) is 17.5. The average Bonchev–Trinajstić information content (AvgIpc) is 3.11. The molecule has 4 rings (SSSR count). The number of H-pyrrole nitrogens is 1. The van der Waals surface area contributed by atoms with Gasteiger partial charge in [-0.3, -0.25) is 14.7 Å². The lowest BCUT2D eigenvalue weighted by Gasteiger charge is -2.24. The van der Waals surface area contributed by atoms with E-state index < -0.39 is 0 Å². The van der Waals surface area contributed by atoms with Crippen LogP contribution in [0.4, 0.5) is 0 Å². The van der Waals surface area contributed by atoms with Crippen molar-refractivity contribution in [3.8, 4) is 11.1 Å². The molecular formula is C26H33N5O. The molecule has 2 aromatic heterocycles. The fourth-order valence-electron chi connectivity index (χ4n) is 4.58. The molecule has 0 radical (unpaired) electrons. The summed E-state index contributed by atoms with van der Waals surface area (Å²) in [6, 6.07) is 12.4. The molecule has 6 nitrogen and oxygen atoms in total. The number of nitrogens with one attached hydrogen (secondary N) is 1. The number of nitrogens with zero attached hydrogens (tertiary/aromatic N) is 4. The summed E-state index contributed by atoms with van der Waals surface area (Å²) in [4.78, 5) is 30.3. The zero-order chi connectivity index (χ0) is 22.5. The second-order valence-electron chi connectivity index (χ2n) is 8.56. The highest BCUT2D eigenvalue weighted by molar-refractivity contribution is 5.80. The summed E-state index contributed by atoms with van der Waals surface area (Å²) in [6.45, 7) is 10.2. The number of hydrogen-bond acceptors (Lipinski definition) is 4. The maximum absolute atomic E-state index is 13.4. The quantitative estimate of drug-likeness (QED) is 0.617. The molecule has 0 aliphatic carbocycles. The number of aromatic nitrogens is 3. The lowest BCUT2D eigenvalue weighted by molar-refractivity contribution is -0.134. The third-order valence-corrected chi connectivity index (χ3v) is 6.41. The Morgan fingerprint density at radius 3 is 2.69 bits per heavy atom. The Morgan fingerprint density at radius 1 is 1.12 bits per heavy atom. The number of hydrogen-bond donors (Lipinski definition) is 1. The van der Waals surface area contributed by atoms with E-state index in [1.165, 1.54) is 5.56 Å². The van der Waals surface area contributed by atoms with Gasteiger partial charge in [-0.15, -0.1) is 0 Å². The van der Waals surface area contributed by atoms with Gasteiger partial charge < -0.3 is 9.88 Å². The Kier molecular flexibility index (Phi) is 7.00. The van der Waals surface area contributed by atoms with Crippen LogP contribution in [0.3, 0.4) is 0 Å². The Balaban J connectivity index is 1.58. The molecule has 6 heteroatoms. The molecule has 1 fully saturated rings. The van der Waals surface area contributed by atoms with Crippen LogP contribution in [0.15, 0.2) is 48.8 Å². The molecule has 1 aliphatic heterocycles. The van der Waals surface area contributed by atoms with Crippen LogP contribution in [0.2, 0.25) is 0 Å². The number of rotatable bonds is 7. The van der Waals surface area contributed by atoms with Gasteiger partial charge in [0.05, 0.1) is 11.6 Å². The highest BCUT2D eigenvalue weighted by Gasteiger charge is 2.30. The SMILES string of the molecule is CCc1nc(CN2CCN(CC)C(=O)[C@@H](Cc3ccccc3-c3cccnc3)C2)c(C)[nH]1. The number of aryl methyl sites for hydroxylation is 2. The van der Waals surface area contributed by atoms with Crippen LogP contribution in [0.5, 0.6) is 0 Å². The zero-order valence-corrected chi connectivity index (χ0v) is 19.3. The van der Waals surface area contributed by atoms with Crippen molar-refractivity contribution in [3.05, 3.63) is 71.6 Å². The van der Waals surface area contributed by atoms with Crippen molar-refractivity contribution < 1.29 is 4.79 Å². The van der Waals surface area contributed by atoms with Crippen LogP contribution in [0.1, 0.15) is 36.6 Å². The van der Waals surface area contributed by atoms with Crippen molar-refractivity contribution in [2.24, 2.45) is 5.92 Å². The van der Waals surface area contributed by atoms with Crippen molar-refractivity contribution in [1.82, 2.24) is 24.8 Å². The Labute approximate surface area is 190 Å². The van der Waals surface area contributed by atoms with Gasteiger partial charge in [-0.25, -0.2) is 4.98 Å². The van der Waals surface area contributed by atoms with E-state index in [-0.39, 0.29) is 11.8 Å². The summed E-state index contributed by atoms with van der Waals surface area (Å²) in [5.41, 5.74) is 5.66. The molecule has 0 bridgehead atoms. The number of imidazole rings is 1. The van der Waals surface area contributed by atoms with Gasteiger partial charge in [0.1, 0.15) is 5.82 Å². The fraction of sp³-hybridized carbons (Fsp3) is 0.423. The number of pyridine rings is 1. The first kappa shape index (κ1) is 22.2. The predicted molar refractivity (Wildman–Crippen MR) is 127 cm³/mol. The largest absolute Gasteiger partial charge is 0.346 e. The lowest BCUT2D eigenvalue weighted by atomic mass is 9.91. The molecule has 1 amide bonds. The molecular weight excluding hydrogens is 398 g/mol. The first-order valence-electron chi connectivity index (χ1n) is 11.6. The lowest BCUT2D eigenvalue weighted by Crippen LogP contribution is -2.37. The van der Waals surface area contributed by atoms with Crippen LogP contribution in [0, 0.1) is 12.8 Å². The monoisotopic (exact) mass is 431 g/mol. The number of aromatic amines is 1. The number of benzene rings is 1. The minimum atomic E-state index is -0.0832. The highest BCUT2D eigenvalue weighted by Crippen LogP contribution is 2.27. The molecule has 3 aromatic rings. The van der Waals surface area contributed by atoms with Gasteiger partial charge in [-0.1, -0.05) is 37.3 Å². The maximum atomic E-state index is 13.4. The van der Waals surface area contributed by atoms with E-state index in [1.807, 2.05) is 17.2 Å². The molecule has 32 heavy (non-hydrogen) atoms. The third kappa shape index (κ3) is 4.91. The van der Waals surface area contributed by atoms with E-state index in [2.05, 4.69) is 66.0 Å². The second kappa shape index (κ2) is 10.1. The average molecular weight is 432 g/mol. The molecule has 0 unspecified atom stereocenters. The number of carbonyl (C=O) groups excluding carboxylic acids is 1. The molecule has 1 atom stereocenters. The smallest absolute Gasteiger partial charge is 0.227 e.